The molecule has 0 aromatic carbocycles. The second kappa shape index (κ2) is 5.46. The third-order valence-corrected chi connectivity index (χ3v) is 2.41. The van der Waals surface area contributed by atoms with E-state index in [1.807, 2.05) is 12.1 Å². The Labute approximate surface area is 94.3 Å². The maximum Gasteiger partial charge on any atom is 0.137 e. The third-order valence-electron chi connectivity index (χ3n) is 2.41. The van der Waals surface area contributed by atoms with Gasteiger partial charge < -0.3 is 9.73 Å². The van der Waals surface area contributed by atoms with Gasteiger partial charge in [0.1, 0.15) is 17.9 Å². The van der Waals surface area contributed by atoms with Gasteiger partial charge in [0.2, 0.25) is 0 Å². The second-order valence-electron chi connectivity index (χ2n) is 3.82. The van der Waals surface area contributed by atoms with Crippen molar-refractivity contribution in [3.05, 3.63) is 36.3 Å². The Morgan fingerprint density at radius 2 is 2.50 bits per heavy atom. The first-order valence-electron chi connectivity index (χ1n) is 5.44. The highest BCUT2D eigenvalue weighted by Crippen LogP contribution is 2.03. The molecule has 0 saturated carbocycles. The number of aromatic nitrogens is 3. The van der Waals surface area contributed by atoms with Crippen LogP contribution in [0, 0.1) is 0 Å². The highest BCUT2D eigenvalue weighted by Gasteiger charge is 2.05. The lowest BCUT2D eigenvalue weighted by Gasteiger charge is -2.11. The van der Waals surface area contributed by atoms with E-state index in [0.717, 1.165) is 31.0 Å². The van der Waals surface area contributed by atoms with Gasteiger partial charge in [0, 0.05) is 25.4 Å². The van der Waals surface area contributed by atoms with Crippen LogP contribution in [0.2, 0.25) is 0 Å². The Morgan fingerprint density at radius 1 is 1.56 bits per heavy atom. The lowest BCUT2D eigenvalue weighted by Crippen LogP contribution is -2.30. The Morgan fingerprint density at radius 3 is 3.19 bits per heavy atom. The molecule has 0 saturated heterocycles. The SMILES string of the molecule is CC(Cc1ccco1)NCCc1ncn[nH]1. The van der Waals surface area contributed by atoms with Gasteiger partial charge in [-0.1, -0.05) is 0 Å². The third kappa shape index (κ3) is 3.20. The molecule has 2 rings (SSSR count). The normalized spacial score (nSPS) is 12.8. The number of nitrogens with one attached hydrogen (secondary N) is 2. The van der Waals surface area contributed by atoms with Crippen LogP contribution < -0.4 is 5.32 Å². The summed E-state index contributed by atoms with van der Waals surface area (Å²) in [6.07, 6.45) is 5.00. The van der Waals surface area contributed by atoms with Crippen LogP contribution in [0.3, 0.4) is 0 Å². The molecule has 1 unspecified atom stereocenters. The zero-order chi connectivity index (χ0) is 11.2. The van der Waals surface area contributed by atoms with Crippen molar-refractivity contribution in [2.45, 2.75) is 25.8 Å². The molecule has 0 bridgehead atoms. The van der Waals surface area contributed by atoms with E-state index in [2.05, 4.69) is 27.4 Å². The van der Waals surface area contributed by atoms with Crippen LogP contribution in [0.4, 0.5) is 0 Å². The molecule has 5 heteroatoms. The van der Waals surface area contributed by atoms with E-state index in [1.165, 1.54) is 6.33 Å². The Hall–Kier alpha value is -1.62. The first-order valence-corrected chi connectivity index (χ1v) is 5.44. The molecule has 0 spiro atoms. The van der Waals surface area contributed by atoms with Crippen LogP contribution in [-0.2, 0) is 12.8 Å². The van der Waals surface area contributed by atoms with Crippen LogP contribution in [0.25, 0.3) is 0 Å². The highest BCUT2D eigenvalue weighted by molar-refractivity contribution is 4.99. The van der Waals surface area contributed by atoms with Crippen LogP contribution in [0.5, 0.6) is 0 Å². The summed E-state index contributed by atoms with van der Waals surface area (Å²) in [5, 5.41) is 10.1. The predicted octanol–water partition coefficient (Wildman–Crippen LogP) is 1.16. The summed E-state index contributed by atoms with van der Waals surface area (Å²) in [6, 6.07) is 4.31. The minimum Gasteiger partial charge on any atom is -0.469 e. The van der Waals surface area contributed by atoms with Crippen molar-refractivity contribution in [3.63, 3.8) is 0 Å². The van der Waals surface area contributed by atoms with Crippen LogP contribution >= 0.6 is 0 Å². The van der Waals surface area contributed by atoms with Gasteiger partial charge in [-0.3, -0.25) is 5.10 Å². The average molecular weight is 220 g/mol. The number of nitrogens with zero attached hydrogens (tertiary/aromatic N) is 2. The highest BCUT2D eigenvalue weighted by atomic mass is 16.3. The van der Waals surface area contributed by atoms with Gasteiger partial charge in [-0.05, 0) is 19.1 Å². The van der Waals surface area contributed by atoms with Crippen LogP contribution in [0.1, 0.15) is 18.5 Å². The summed E-state index contributed by atoms with van der Waals surface area (Å²) in [6.45, 7) is 3.03. The Bertz CT molecular complexity index is 382. The fourth-order valence-electron chi connectivity index (χ4n) is 1.59. The maximum atomic E-state index is 5.29. The monoisotopic (exact) mass is 220 g/mol. The summed E-state index contributed by atoms with van der Waals surface area (Å²) in [4.78, 5) is 4.06. The largest absolute Gasteiger partial charge is 0.469 e. The van der Waals surface area contributed by atoms with Gasteiger partial charge in [-0.2, -0.15) is 5.10 Å². The maximum absolute atomic E-state index is 5.29. The van der Waals surface area contributed by atoms with Gasteiger partial charge in [-0.15, -0.1) is 0 Å². The molecule has 2 N–H and O–H groups in total. The van der Waals surface area contributed by atoms with E-state index in [4.69, 9.17) is 4.42 Å². The number of aromatic amines is 1. The quantitative estimate of drug-likeness (QED) is 0.766. The molecule has 0 fully saturated rings. The van der Waals surface area contributed by atoms with Gasteiger partial charge in [0.15, 0.2) is 0 Å². The second-order valence-corrected chi connectivity index (χ2v) is 3.82. The number of H-pyrrole nitrogens is 1. The van der Waals surface area contributed by atoms with Crippen molar-refractivity contribution < 1.29 is 4.42 Å². The van der Waals surface area contributed by atoms with Crippen molar-refractivity contribution >= 4 is 0 Å². The lowest BCUT2D eigenvalue weighted by molar-refractivity contribution is 0.457. The fourth-order valence-corrected chi connectivity index (χ4v) is 1.59. The molecule has 2 heterocycles. The van der Waals surface area contributed by atoms with E-state index in [-0.39, 0.29) is 0 Å². The van der Waals surface area contributed by atoms with Crippen molar-refractivity contribution in [1.82, 2.24) is 20.5 Å². The molecule has 0 aliphatic heterocycles. The van der Waals surface area contributed by atoms with Gasteiger partial charge in [-0.25, -0.2) is 4.98 Å². The summed E-state index contributed by atoms with van der Waals surface area (Å²) >= 11 is 0. The molecular weight excluding hydrogens is 204 g/mol. The Kier molecular flexibility index (Phi) is 3.71. The first kappa shape index (κ1) is 10.9. The number of hydrogen-bond acceptors (Lipinski definition) is 4. The number of furan rings is 1. The summed E-state index contributed by atoms with van der Waals surface area (Å²) < 4.78 is 5.29. The molecule has 2 aromatic heterocycles. The molecular formula is C11H16N4O. The lowest BCUT2D eigenvalue weighted by atomic mass is 10.2. The topological polar surface area (TPSA) is 66.7 Å². The standard InChI is InChI=1S/C11H16N4O/c1-9(7-10-3-2-6-16-10)12-5-4-11-13-8-14-15-11/h2-3,6,8-9,12H,4-5,7H2,1H3,(H,13,14,15). The van der Waals surface area contributed by atoms with Crippen molar-refractivity contribution in [2.75, 3.05) is 6.54 Å². The Balaban J connectivity index is 1.66. The van der Waals surface area contributed by atoms with Crippen LogP contribution in [-0.4, -0.2) is 27.8 Å². The van der Waals surface area contributed by atoms with Gasteiger partial charge >= 0.3 is 0 Å². The number of rotatable bonds is 6. The molecule has 0 aliphatic rings. The van der Waals surface area contributed by atoms with Crippen molar-refractivity contribution in [3.8, 4) is 0 Å². The average Bonchev–Trinajstić information content (AvgIpc) is 2.90. The summed E-state index contributed by atoms with van der Waals surface area (Å²) in [5.74, 6) is 1.93. The fraction of sp³-hybridized carbons (Fsp3) is 0.455. The molecule has 0 amide bonds. The number of hydrogen-bond donors (Lipinski definition) is 2. The minimum absolute atomic E-state index is 0.397. The van der Waals surface area contributed by atoms with E-state index in [1.54, 1.807) is 6.26 Å². The molecule has 0 radical (unpaired) electrons. The molecule has 2 aromatic rings. The van der Waals surface area contributed by atoms with E-state index in [9.17, 15) is 0 Å². The smallest absolute Gasteiger partial charge is 0.137 e. The van der Waals surface area contributed by atoms with Gasteiger partial charge in [0.25, 0.3) is 0 Å². The first-order chi connectivity index (χ1) is 7.84. The van der Waals surface area contributed by atoms with Crippen molar-refractivity contribution in [2.24, 2.45) is 0 Å². The predicted molar refractivity (Wildman–Crippen MR) is 60.0 cm³/mol. The molecule has 5 nitrogen and oxygen atoms in total. The van der Waals surface area contributed by atoms with E-state index in [0.29, 0.717) is 6.04 Å². The van der Waals surface area contributed by atoms with E-state index >= 15 is 0 Å². The zero-order valence-corrected chi connectivity index (χ0v) is 9.31. The van der Waals surface area contributed by atoms with E-state index < -0.39 is 0 Å². The zero-order valence-electron chi connectivity index (χ0n) is 9.31. The summed E-state index contributed by atoms with van der Waals surface area (Å²) in [7, 11) is 0. The minimum atomic E-state index is 0.397. The summed E-state index contributed by atoms with van der Waals surface area (Å²) in [5.41, 5.74) is 0. The molecule has 16 heavy (non-hydrogen) atoms. The van der Waals surface area contributed by atoms with Crippen LogP contribution in [0.15, 0.2) is 29.1 Å². The molecule has 1 atom stereocenters. The molecule has 0 aliphatic carbocycles. The van der Waals surface area contributed by atoms with Gasteiger partial charge in [0.05, 0.1) is 6.26 Å². The molecule has 86 valence electrons. The van der Waals surface area contributed by atoms with Crippen molar-refractivity contribution in [1.29, 1.82) is 0 Å².